The Hall–Kier alpha value is -0.220. The topological polar surface area (TPSA) is 26.3 Å². The van der Waals surface area contributed by atoms with Crippen LogP contribution in [0, 0.1) is 0 Å². The monoisotopic (exact) mass is 276 g/mol. The first-order valence-corrected chi connectivity index (χ1v) is 6.78. The fourth-order valence-corrected chi connectivity index (χ4v) is 2.72. The van der Waals surface area contributed by atoms with E-state index in [0.29, 0.717) is 28.0 Å². The Morgan fingerprint density at radius 1 is 1.44 bits per heavy atom. The van der Waals surface area contributed by atoms with Crippen LogP contribution in [0.2, 0.25) is 10.0 Å². The molecule has 1 aliphatic heterocycles. The molecule has 1 atom stereocenters. The molecular weight excluding hydrogens is 267 g/mol. The van der Waals surface area contributed by atoms with Crippen LogP contribution in [-0.2, 0) is 4.74 Å². The van der Waals surface area contributed by atoms with Gasteiger partial charge in [0.25, 0.3) is 0 Å². The van der Waals surface area contributed by atoms with E-state index in [0.717, 1.165) is 5.75 Å². The molecule has 2 rings (SSSR count). The summed E-state index contributed by atoms with van der Waals surface area (Å²) in [6.45, 7) is 0.610. The van der Waals surface area contributed by atoms with E-state index in [1.165, 1.54) is 0 Å². The first kappa shape index (κ1) is 12.2. The van der Waals surface area contributed by atoms with Crippen LogP contribution in [0.1, 0.15) is 10.4 Å². The second-order valence-electron chi connectivity index (χ2n) is 3.42. The van der Waals surface area contributed by atoms with Crippen molar-refractivity contribution in [1.29, 1.82) is 0 Å². The van der Waals surface area contributed by atoms with E-state index in [1.54, 1.807) is 30.0 Å². The number of hydrogen-bond acceptors (Lipinski definition) is 3. The van der Waals surface area contributed by atoms with Crippen LogP contribution in [0.25, 0.3) is 0 Å². The number of Topliss-reactive ketones (excluding diaryl/α,β-unsaturated/α-hetero) is 1. The predicted molar refractivity (Wildman–Crippen MR) is 67.9 cm³/mol. The molecule has 1 heterocycles. The Morgan fingerprint density at radius 2 is 2.25 bits per heavy atom. The van der Waals surface area contributed by atoms with Gasteiger partial charge in [0.2, 0.25) is 0 Å². The van der Waals surface area contributed by atoms with Crippen molar-refractivity contribution in [1.82, 2.24) is 0 Å². The molecule has 1 fully saturated rings. The summed E-state index contributed by atoms with van der Waals surface area (Å²) in [7, 11) is 0. The Kier molecular flexibility index (Phi) is 4.14. The number of carbonyl (C=O) groups excluding carboxylic acids is 1. The lowest BCUT2D eigenvalue weighted by Gasteiger charge is -2.21. The Morgan fingerprint density at radius 3 is 2.94 bits per heavy atom. The maximum atomic E-state index is 12.1. The van der Waals surface area contributed by atoms with Gasteiger partial charge in [-0.3, -0.25) is 4.79 Å². The van der Waals surface area contributed by atoms with E-state index in [4.69, 9.17) is 27.9 Å². The SMILES string of the molecule is O=C(c1cc(Cl)ccc1Cl)C1CSCCO1. The first-order chi connectivity index (χ1) is 7.68. The quantitative estimate of drug-likeness (QED) is 0.776. The minimum Gasteiger partial charge on any atom is -0.368 e. The molecule has 0 aromatic heterocycles. The molecule has 0 spiro atoms. The van der Waals surface area contributed by atoms with Crippen LogP contribution in [0.3, 0.4) is 0 Å². The lowest BCUT2D eigenvalue weighted by molar-refractivity contribution is 0.0519. The van der Waals surface area contributed by atoms with Gasteiger partial charge in [0.1, 0.15) is 6.10 Å². The number of thioether (sulfide) groups is 1. The lowest BCUT2D eigenvalue weighted by Crippen LogP contribution is -2.31. The summed E-state index contributed by atoms with van der Waals surface area (Å²) < 4.78 is 5.42. The Bertz CT molecular complexity index is 403. The Balaban J connectivity index is 2.22. The Labute approximate surface area is 108 Å². The third-order valence-corrected chi connectivity index (χ3v) is 3.86. The van der Waals surface area contributed by atoms with E-state index in [9.17, 15) is 4.79 Å². The van der Waals surface area contributed by atoms with E-state index in [1.807, 2.05) is 0 Å². The van der Waals surface area contributed by atoms with Crippen molar-refractivity contribution in [3.05, 3.63) is 33.8 Å². The molecule has 1 aliphatic rings. The van der Waals surface area contributed by atoms with Gasteiger partial charge in [0.05, 0.1) is 11.6 Å². The zero-order valence-electron chi connectivity index (χ0n) is 8.41. The fourth-order valence-electron chi connectivity index (χ4n) is 1.50. The third kappa shape index (κ3) is 2.72. The second kappa shape index (κ2) is 5.41. The number of halogens is 2. The molecule has 1 aromatic carbocycles. The largest absolute Gasteiger partial charge is 0.368 e. The van der Waals surface area contributed by atoms with Crippen molar-refractivity contribution in [3.8, 4) is 0 Å². The minimum absolute atomic E-state index is 0.0836. The highest BCUT2D eigenvalue weighted by molar-refractivity contribution is 7.99. The zero-order chi connectivity index (χ0) is 11.5. The summed E-state index contributed by atoms with van der Waals surface area (Å²) in [6, 6.07) is 4.89. The van der Waals surface area contributed by atoms with Crippen LogP contribution >= 0.6 is 35.0 Å². The molecule has 1 saturated heterocycles. The summed E-state index contributed by atoms with van der Waals surface area (Å²) in [4.78, 5) is 12.1. The number of benzene rings is 1. The average Bonchev–Trinajstić information content (AvgIpc) is 2.32. The molecule has 16 heavy (non-hydrogen) atoms. The maximum absolute atomic E-state index is 12.1. The van der Waals surface area contributed by atoms with Crippen LogP contribution in [-0.4, -0.2) is 30.0 Å². The van der Waals surface area contributed by atoms with Crippen LogP contribution in [0.5, 0.6) is 0 Å². The minimum atomic E-state index is -0.394. The number of ketones is 1. The highest BCUT2D eigenvalue weighted by Crippen LogP contribution is 2.24. The number of hydrogen-bond donors (Lipinski definition) is 0. The first-order valence-electron chi connectivity index (χ1n) is 4.87. The van der Waals surface area contributed by atoms with Crippen LogP contribution in [0.4, 0.5) is 0 Å². The van der Waals surface area contributed by atoms with E-state index in [-0.39, 0.29) is 5.78 Å². The molecular formula is C11H10Cl2O2S. The van der Waals surface area contributed by atoms with Gasteiger partial charge < -0.3 is 4.74 Å². The molecule has 5 heteroatoms. The fraction of sp³-hybridized carbons (Fsp3) is 0.364. The molecule has 2 nitrogen and oxygen atoms in total. The second-order valence-corrected chi connectivity index (χ2v) is 5.42. The molecule has 0 N–H and O–H groups in total. The molecule has 0 amide bonds. The van der Waals surface area contributed by atoms with Crippen molar-refractivity contribution in [2.24, 2.45) is 0 Å². The van der Waals surface area contributed by atoms with Gasteiger partial charge in [0.15, 0.2) is 5.78 Å². The molecule has 0 aliphatic carbocycles. The highest BCUT2D eigenvalue weighted by Gasteiger charge is 2.25. The van der Waals surface area contributed by atoms with Gasteiger partial charge in [-0.15, -0.1) is 0 Å². The van der Waals surface area contributed by atoms with Gasteiger partial charge >= 0.3 is 0 Å². The lowest BCUT2D eigenvalue weighted by atomic mass is 10.1. The maximum Gasteiger partial charge on any atom is 0.193 e. The molecule has 0 bridgehead atoms. The van der Waals surface area contributed by atoms with E-state index in [2.05, 4.69) is 0 Å². The number of rotatable bonds is 2. The van der Waals surface area contributed by atoms with E-state index < -0.39 is 6.10 Å². The third-order valence-electron chi connectivity index (χ3n) is 2.30. The standard InChI is InChI=1S/C11H10Cl2O2S/c12-7-1-2-9(13)8(5-7)11(14)10-6-16-4-3-15-10/h1-2,5,10H,3-4,6H2. The number of carbonyl (C=O) groups is 1. The van der Waals surface area contributed by atoms with E-state index >= 15 is 0 Å². The van der Waals surface area contributed by atoms with Crippen molar-refractivity contribution >= 4 is 40.7 Å². The van der Waals surface area contributed by atoms with Crippen molar-refractivity contribution in [2.45, 2.75) is 6.10 Å². The molecule has 0 saturated carbocycles. The molecule has 1 unspecified atom stereocenters. The van der Waals surface area contributed by atoms with Crippen molar-refractivity contribution in [2.75, 3.05) is 18.1 Å². The van der Waals surface area contributed by atoms with Crippen molar-refractivity contribution < 1.29 is 9.53 Å². The highest BCUT2D eigenvalue weighted by atomic mass is 35.5. The average molecular weight is 277 g/mol. The summed E-state index contributed by atoms with van der Waals surface area (Å²) in [5.74, 6) is 1.54. The van der Waals surface area contributed by atoms with Gasteiger partial charge in [-0.05, 0) is 18.2 Å². The van der Waals surface area contributed by atoms with Gasteiger partial charge in [-0.1, -0.05) is 23.2 Å². The summed E-state index contributed by atoms with van der Waals surface area (Å²) in [6.07, 6.45) is -0.394. The van der Waals surface area contributed by atoms with Gasteiger partial charge in [-0.25, -0.2) is 0 Å². The zero-order valence-corrected chi connectivity index (χ0v) is 10.7. The smallest absolute Gasteiger partial charge is 0.193 e. The summed E-state index contributed by atoms with van der Waals surface area (Å²) >= 11 is 13.5. The van der Waals surface area contributed by atoms with Gasteiger partial charge in [-0.2, -0.15) is 11.8 Å². The molecule has 86 valence electrons. The molecule has 0 radical (unpaired) electrons. The normalized spacial score (nSPS) is 20.8. The van der Waals surface area contributed by atoms with Crippen LogP contribution in [0.15, 0.2) is 18.2 Å². The van der Waals surface area contributed by atoms with Crippen molar-refractivity contribution in [3.63, 3.8) is 0 Å². The molecule has 1 aromatic rings. The predicted octanol–water partition coefficient (Wildman–Crippen LogP) is 3.31. The summed E-state index contributed by atoms with van der Waals surface area (Å²) in [5.41, 5.74) is 0.446. The van der Waals surface area contributed by atoms with Crippen LogP contribution < -0.4 is 0 Å². The number of ether oxygens (including phenoxy) is 1. The summed E-state index contributed by atoms with van der Waals surface area (Å²) in [5, 5.41) is 0.935. The van der Waals surface area contributed by atoms with Gasteiger partial charge in [0, 0.05) is 22.1 Å².